The molecule has 1 amide bonds. The molecule has 2 heterocycles. The number of carbonyl (C=O) groups excluding carboxylic acids is 2. The molecule has 10 nitrogen and oxygen atoms in total. The number of methoxy groups -OCH3 is 1. The Kier molecular flexibility index (Phi) is 7.74. The highest BCUT2D eigenvalue weighted by Crippen LogP contribution is 2.39. The molecule has 0 unspecified atom stereocenters. The molecule has 0 aromatic heterocycles. The van der Waals surface area contributed by atoms with Crippen molar-refractivity contribution < 1.29 is 27.5 Å². The number of rotatable bonds is 9. The molecule has 214 valence electrons. The van der Waals surface area contributed by atoms with Crippen molar-refractivity contribution in [3.63, 3.8) is 0 Å². The predicted octanol–water partition coefficient (Wildman–Crippen LogP) is 3.67. The summed E-state index contributed by atoms with van der Waals surface area (Å²) < 4.78 is 36.9. The number of carbonyl (C=O) groups is 2. The highest BCUT2D eigenvalue weighted by molar-refractivity contribution is 7.92. The number of hydrogen-bond donors (Lipinski definition) is 2. The zero-order chi connectivity index (χ0) is 29.3. The van der Waals surface area contributed by atoms with Gasteiger partial charge in [-0.2, -0.15) is 0 Å². The van der Waals surface area contributed by atoms with Crippen LogP contribution in [0.15, 0.2) is 60.7 Å². The number of sulfonamides is 1. The van der Waals surface area contributed by atoms with E-state index in [9.17, 15) is 18.0 Å². The molecule has 3 aromatic rings. The lowest BCUT2D eigenvalue weighted by Crippen LogP contribution is -2.35. The lowest BCUT2D eigenvalue weighted by molar-refractivity contribution is -0.110. The normalized spacial score (nSPS) is 15.1. The van der Waals surface area contributed by atoms with Gasteiger partial charge in [0.1, 0.15) is 5.75 Å². The Bertz CT molecular complexity index is 1650. The number of amides is 1. The van der Waals surface area contributed by atoms with Crippen molar-refractivity contribution in [1.29, 1.82) is 0 Å². The summed E-state index contributed by atoms with van der Waals surface area (Å²) in [5.41, 5.74) is 5.52. The summed E-state index contributed by atoms with van der Waals surface area (Å²) in [6.45, 7) is 1.48. The standard InChI is InChI=1S/C30H32N4O6S/c1-33(2)14-15-34(41(4,37)38)23-9-7-22(8-10-23)31-28(20-6-12-26-19(17-20)13-16-40-26)27-24-11-5-21(30(36)39-3)18-25(24)32-29(27)35/h5-12,17-18,31H,13-16H2,1-4H3,(H,32,35)/b28-27-. The van der Waals surface area contributed by atoms with Crippen LogP contribution in [0.2, 0.25) is 0 Å². The van der Waals surface area contributed by atoms with Gasteiger partial charge in [-0.05, 0) is 79.8 Å². The van der Waals surface area contributed by atoms with Gasteiger partial charge in [0, 0.05) is 30.8 Å². The largest absolute Gasteiger partial charge is 0.493 e. The van der Waals surface area contributed by atoms with Crippen LogP contribution in [-0.2, 0) is 26.0 Å². The Balaban J connectivity index is 1.56. The zero-order valence-electron chi connectivity index (χ0n) is 23.4. The van der Waals surface area contributed by atoms with Gasteiger partial charge in [0.25, 0.3) is 5.91 Å². The first-order valence-corrected chi connectivity index (χ1v) is 14.9. The van der Waals surface area contributed by atoms with Crippen LogP contribution >= 0.6 is 0 Å². The lowest BCUT2D eigenvalue weighted by Gasteiger charge is -2.24. The third-order valence-electron chi connectivity index (χ3n) is 6.99. The third-order valence-corrected chi connectivity index (χ3v) is 8.18. The number of esters is 1. The van der Waals surface area contributed by atoms with Gasteiger partial charge in [-0.3, -0.25) is 9.10 Å². The zero-order valence-corrected chi connectivity index (χ0v) is 24.2. The van der Waals surface area contributed by atoms with Crippen molar-refractivity contribution in [1.82, 2.24) is 4.90 Å². The van der Waals surface area contributed by atoms with Crippen molar-refractivity contribution >= 4 is 50.2 Å². The van der Waals surface area contributed by atoms with E-state index in [1.54, 1.807) is 42.5 Å². The number of anilines is 3. The fourth-order valence-corrected chi connectivity index (χ4v) is 5.84. The molecule has 2 aliphatic heterocycles. The fourth-order valence-electron chi connectivity index (χ4n) is 4.92. The first-order chi connectivity index (χ1) is 19.5. The second-order valence-electron chi connectivity index (χ2n) is 10.2. The number of hydrogen-bond acceptors (Lipinski definition) is 8. The van der Waals surface area contributed by atoms with Crippen molar-refractivity contribution in [2.24, 2.45) is 0 Å². The van der Waals surface area contributed by atoms with Crippen molar-refractivity contribution in [3.8, 4) is 5.75 Å². The summed E-state index contributed by atoms with van der Waals surface area (Å²) >= 11 is 0. The maximum absolute atomic E-state index is 13.4. The van der Waals surface area contributed by atoms with Crippen LogP contribution in [-0.4, -0.2) is 72.4 Å². The molecule has 2 aliphatic rings. The molecular weight excluding hydrogens is 544 g/mol. The predicted molar refractivity (Wildman–Crippen MR) is 160 cm³/mol. The summed E-state index contributed by atoms with van der Waals surface area (Å²) in [5, 5.41) is 6.29. The average molecular weight is 577 g/mol. The first-order valence-electron chi connectivity index (χ1n) is 13.1. The van der Waals surface area contributed by atoms with E-state index in [-0.39, 0.29) is 5.91 Å². The maximum Gasteiger partial charge on any atom is 0.337 e. The molecule has 0 saturated carbocycles. The van der Waals surface area contributed by atoms with Gasteiger partial charge >= 0.3 is 5.97 Å². The highest BCUT2D eigenvalue weighted by Gasteiger charge is 2.30. The molecule has 2 N–H and O–H groups in total. The van der Waals surface area contributed by atoms with Gasteiger partial charge in [0.15, 0.2) is 0 Å². The molecule has 0 bridgehead atoms. The van der Waals surface area contributed by atoms with Crippen molar-refractivity contribution in [2.75, 3.05) is 62.1 Å². The molecule has 0 fully saturated rings. The highest BCUT2D eigenvalue weighted by atomic mass is 32.2. The molecule has 0 atom stereocenters. The Morgan fingerprint density at radius 3 is 2.44 bits per heavy atom. The Morgan fingerprint density at radius 2 is 1.76 bits per heavy atom. The average Bonchev–Trinajstić information content (AvgIpc) is 3.53. The van der Waals surface area contributed by atoms with Crippen LogP contribution in [0.5, 0.6) is 5.75 Å². The van der Waals surface area contributed by atoms with Crippen LogP contribution in [0.3, 0.4) is 0 Å². The molecule has 5 rings (SSSR count). The van der Waals surface area contributed by atoms with Crippen molar-refractivity contribution in [3.05, 3.63) is 82.9 Å². The minimum Gasteiger partial charge on any atom is -0.493 e. The topological polar surface area (TPSA) is 117 Å². The first kappa shape index (κ1) is 28.2. The number of fused-ring (bicyclic) bond motifs is 2. The summed E-state index contributed by atoms with van der Waals surface area (Å²) in [4.78, 5) is 27.4. The quantitative estimate of drug-likeness (QED) is 0.293. The smallest absolute Gasteiger partial charge is 0.337 e. The monoisotopic (exact) mass is 576 g/mol. The van der Waals surface area contributed by atoms with Gasteiger partial charge in [-0.1, -0.05) is 6.07 Å². The molecule has 41 heavy (non-hydrogen) atoms. The SMILES string of the molecule is COC(=O)c1ccc2c(c1)NC(=O)/C2=C(\Nc1ccc(N(CCN(C)C)S(C)(=O)=O)cc1)c1ccc2c(c1)CCO2. The van der Waals surface area contributed by atoms with Crippen LogP contribution in [0, 0.1) is 0 Å². The number of nitrogens with one attached hydrogen (secondary N) is 2. The van der Waals surface area contributed by atoms with Crippen LogP contribution in [0.1, 0.15) is 27.0 Å². The number of ether oxygens (including phenoxy) is 2. The van der Waals surface area contributed by atoms with E-state index >= 15 is 0 Å². The number of benzene rings is 3. The van der Waals surface area contributed by atoms with E-state index in [2.05, 4.69) is 10.6 Å². The van der Waals surface area contributed by atoms with E-state index in [1.807, 2.05) is 37.2 Å². The summed E-state index contributed by atoms with van der Waals surface area (Å²) in [5.74, 6) is 0.00937. The molecule has 0 spiro atoms. The van der Waals surface area contributed by atoms with E-state index < -0.39 is 16.0 Å². The summed E-state index contributed by atoms with van der Waals surface area (Å²) in [6.07, 6.45) is 1.96. The summed E-state index contributed by atoms with van der Waals surface area (Å²) in [7, 11) is 1.60. The Hall–Kier alpha value is -4.35. The van der Waals surface area contributed by atoms with Crippen LogP contribution in [0.4, 0.5) is 17.1 Å². The van der Waals surface area contributed by atoms with Crippen LogP contribution < -0.4 is 19.7 Å². The number of nitrogens with zero attached hydrogens (tertiary/aromatic N) is 2. The van der Waals surface area contributed by atoms with Gasteiger partial charge < -0.3 is 25.0 Å². The van der Waals surface area contributed by atoms with Gasteiger partial charge in [0.2, 0.25) is 10.0 Å². The molecule has 0 saturated heterocycles. The summed E-state index contributed by atoms with van der Waals surface area (Å²) in [6, 6.07) is 17.8. The Labute approximate surface area is 239 Å². The van der Waals surface area contributed by atoms with E-state index in [0.29, 0.717) is 59.2 Å². The maximum atomic E-state index is 13.4. The van der Waals surface area contributed by atoms with Gasteiger partial charge in [-0.25, -0.2) is 13.2 Å². The van der Waals surface area contributed by atoms with E-state index in [4.69, 9.17) is 9.47 Å². The molecule has 0 aliphatic carbocycles. The third kappa shape index (κ3) is 5.91. The second-order valence-corrected chi connectivity index (χ2v) is 12.1. The molecular formula is C30H32N4O6S. The fraction of sp³-hybridized carbons (Fsp3) is 0.267. The molecule has 11 heteroatoms. The number of likely N-dealkylation sites (N-methyl/N-ethyl adjacent to an activating group) is 1. The lowest BCUT2D eigenvalue weighted by atomic mass is 9.97. The van der Waals surface area contributed by atoms with Crippen molar-refractivity contribution in [2.45, 2.75) is 6.42 Å². The van der Waals surface area contributed by atoms with E-state index in [1.165, 1.54) is 17.7 Å². The Morgan fingerprint density at radius 1 is 1.02 bits per heavy atom. The van der Waals surface area contributed by atoms with Crippen LogP contribution in [0.25, 0.3) is 11.3 Å². The second kappa shape index (κ2) is 11.3. The van der Waals surface area contributed by atoms with Gasteiger partial charge in [0.05, 0.1) is 48.2 Å². The minimum atomic E-state index is -3.48. The van der Waals surface area contributed by atoms with Gasteiger partial charge in [-0.15, -0.1) is 0 Å². The molecule has 0 radical (unpaired) electrons. The van der Waals surface area contributed by atoms with E-state index in [0.717, 1.165) is 23.3 Å². The minimum absolute atomic E-state index is 0.315. The molecule has 3 aromatic carbocycles.